The second kappa shape index (κ2) is 10.7. The number of phenols is 1. The van der Waals surface area contributed by atoms with Crippen molar-refractivity contribution >= 4 is 34.0 Å². The van der Waals surface area contributed by atoms with Crippen LogP contribution >= 0.6 is 0 Å². The first-order chi connectivity index (χ1) is 17.1. The number of fused-ring (bicyclic) bond motifs is 2. The molecule has 0 atom stereocenters. The van der Waals surface area contributed by atoms with Gasteiger partial charge in [0.2, 0.25) is 5.95 Å². The number of aromatic hydroxyl groups is 1. The Morgan fingerprint density at radius 2 is 1.35 bits per heavy atom. The van der Waals surface area contributed by atoms with E-state index in [4.69, 9.17) is 25.0 Å². The zero-order valence-electron chi connectivity index (χ0n) is 21.2. The molecule has 0 saturated carbocycles. The first-order valence-corrected chi connectivity index (χ1v) is 11.6. The minimum atomic E-state index is 0. The Morgan fingerprint density at radius 3 is 1.89 bits per heavy atom. The zero-order chi connectivity index (χ0) is 26.1. The predicted molar refractivity (Wildman–Crippen MR) is 145 cm³/mol. The minimum Gasteiger partial charge on any atom is -0.508 e. The molecule has 5 aromatic rings. The highest BCUT2D eigenvalue weighted by molar-refractivity contribution is 5.83. The molecule has 0 radical (unpaired) electrons. The summed E-state index contributed by atoms with van der Waals surface area (Å²) in [6.07, 6.45) is 4.32. The van der Waals surface area contributed by atoms with Crippen molar-refractivity contribution in [2.75, 3.05) is 11.5 Å². The zero-order valence-corrected chi connectivity index (χ0v) is 21.2. The average Bonchev–Trinajstić information content (AvgIpc) is 3.46. The summed E-state index contributed by atoms with van der Waals surface area (Å²) in [6, 6.07) is 3.65. The van der Waals surface area contributed by atoms with Crippen molar-refractivity contribution in [3.8, 4) is 17.2 Å². The minimum absolute atomic E-state index is 0. The van der Waals surface area contributed by atoms with Crippen molar-refractivity contribution < 1.29 is 18.7 Å². The SMILES string of the molecule is C.Cc1cc(O)c(C(C)C)c2ocnc12.Cc1cc(Oc2cnc(N)nc2N)c(C(C)C)c2ocnc12. The molecule has 0 aliphatic heterocycles. The number of rotatable bonds is 4. The van der Waals surface area contributed by atoms with Crippen molar-refractivity contribution in [3.63, 3.8) is 0 Å². The summed E-state index contributed by atoms with van der Waals surface area (Å²) in [7, 11) is 0. The lowest BCUT2D eigenvalue weighted by molar-refractivity contribution is 0.462. The van der Waals surface area contributed by atoms with Crippen LogP contribution in [-0.2, 0) is 0 Å². The van der Waals surface area contributed by atoms with Crippen LogP contribution in [0.15, 0.2) is 40.0 Å². The molecule has 0 spiro atoms. The van der Waals surface area contributed by atoms with Gasteiger partial charge in [0, 0.05) is 11.1 Å². The van der Waals surface area contributed by atoms with Crippen molar-refractivity contribution in [1.29, 1.82) is 0 Å². The standard InChI is InChI=1S/C15H17N5O2.C11H13NO2.CH4/c1-7(2)11-9(4-8(3)12-13(11)21-6-19-12)22-10-5-18-15(17)20-14(10)16;1-6(2)9-8(13)4-7(3)10-11(9)14-5-12-10;/h4-7H,1-3H3,(H4,16,17,18,20);4-6,13H,1-3H3;1H4. The number of benzene rings is 2. The van der Waals surface area contributed by atoms with Crippen molar-refractivity contribution in [2.45, 2.75) is 60.8 Å². The predicted octanol–water partition coefficient (Wildman–Crippen LogP) is 6.61. The van der Waals surface area contributed by atoms with Gasteiger partial charge in [-0.05, 0) is 48.9 Å². The van der Waals surface area contributed by atoms with Gasteiger partial charge in [0.25, 0.3) is 0 Å². The molecule has 10 nitrogen and oxygen atoms in total. The Balaban J connectivity index is 0.000000220. The number of nitrogen functional groups attached to an aromatic ring is 2. The van der Waals surface area contributed by atoms with E-state index in [0.717, 1.165) is 38.9 Å². The molecule has 196 valence electrons. The van der Waals surface area contributed by atoms with Crippen LogP contribution in [0, 0.1) is 13.8 Å². The molecule has 2 aromatic carbocycles. The third kappa shape index (κ3) is 5.28. The Kier molecular flexibility index (Phi) is 7.90. The normalized spacial score (nSPS) is 11.0. The van der Waals surface area contributed by atoms with Crippen LogP contribution in [0.25, 0.3) is 22.2 Å². The summed E-state index contributed by atoms with van der Waals surface area (Å²) >= 11 is 0. The molecule has 0 amide bonds. The van der Waals surface area contributed by atoms with Gasteiger partial charge in [0.15, 0.2) is 35.5 Å². The van der Waals surface area contributed by atoms with Gasteiger partial charge in [-0.25, -0.2) is 15.0 Å². The maximum Gasteiger partial charge on any atom is 0.222 e. The quantitative estimate of drug-likeness (QED) is 0.242. The fraction of sp³-hybridized carbons (Fsp3) is 0.333. The number of nitrogens with zero attached hydrogens (tertiary/aromatic N) is 4. The molecule has 5 N–H and O–H groups in total. The Hall–Kier alpha value is -4.34. The smallest absolute Gasteiger partial charge is 0.222 e. The van der Waals surface area contributed by atoms with Crippen LogP contribution in [-0.4, -0.2) is 25.0 Å². The van der Waals surface area contributed by atoms with E-state index in [9.17, 15) is 5.11 Å². The summed E-state index contributed by atoms with van der Waals surface area (Å²) in [5.74, 6) is 2.01. The number of oxazole rings is 2. The van der Waals surface area contributed by atoms with Crippen molar-refractivity contribution in [2.24, 2.45) is 0 Å². The van der Waals surface area contributed by atoms with E-state index in [-0.39, 0.29) is 31.0 Å². The van der Waals surface area contributed by atoms with Crippen molar-refractivity contribution in [3.05, 3.63) is 53.4 Å². The largest absolute Gasteiger partial charge is 0.508 e. The van der Waals surface area contributed by atoms with Crippen LogP contribution in [0.3, 0.4) is 0 Å². The monoisotopic (exact) mass is 506 g/mol. The second-order valence-corrected chi connectivity index (χ2v) is 9.18. The number of hydrogen-bond acceptors (Lipinski definition) is 10. The lowest BCUT2D eigenvalue weighted by atomic mass is 9.99. The summed E-state index contributed by atoms with van der Waals surface area (Å²) in [5, 5.41) is 9.79. The van der Waals surface area contributed by atoms with E-state index >= 15 is 0 Å². The van der Waals surface area contributed by atoms with Gasteiger partial charge in [-0.1, -0.05) is 35.1 Å². The van der Waals surface area contributed by atoms with Gasteiger partial charge >= 0.3 is 0 Å². The second-order valence-electron chi connectivity index (χ2n) is 9.18. The van der Waals surface area contributed by atoms with Crippen LogP contribution < -0.4 is 16.2 Å². The molecule has 3 heterocycles. The van der Waals surface area contributed by atoms with Crippen LogP contribution in [0.4, 0.5) is 11.8 Å². The van der Waals surface area contributed by atoms with E-state index in [0.29, 0.717) is 22.8 Å². The summed E-state index contributed by atoms with van der Waals surface area (Å²) in [4.78, 5) is 16.2. The van der Waals surface area contributed by atoms with E-state index in [2.05, 4.69) is 33.8 Å². The number of aromatic nitrogens is 4. The first-order valence-electron chi connectivity index (χ1n) is 11.6. The molecule has 0 bridgehead atoms. The molecule has 10 heteroatoms. The molecule has 37 heavy (non-hydrogen) atoms. The van der Waals surface area contributed by atoms with E-state index in [1.54, 1.807) is 6.07 Å². The molecular weight excluding hydrogens is 472 g/mol. The van der Waals surface area contributed by atoms with Gasteiger partial charge < -0.3 is 30.1 Å². The van der Waals surface area contributed by atoms with Gasteiger partial charge in [0.1, 0.15) is 22.5 Å². The fourth-order valence-corrected chi connectivity index (χ4v) is 4.14. The summed E-state index contributed by atoms with van der Waals surface area (Å²) in [6.45, 7) is 12.0. The summed E-state index contributed by atoms with van der Waals surface area (Å²) in [5.41, 5.74) is 18.1. The average molecular weight is 507 g/mol. The highest BCUT2D eigenvalue weighted by Gasteiger charge is 2.20. The number of phenolic OH excluding ortho intramolecular Hbond substituents is 1. The van der Waals surface area contributed by atoms with E-state index < -0.39 is 0 Å². The molecule has 5 rings (SSSR count). The highest BCUT2D eigenvalue weighted by atomic mass is 16.5. The van der Waals surface area contributed by atoms with Crippen LogP contribution in [0.2, 0.25) is 0 Å². The lowest BCUT2D eigenvalue weighted by Crippen LogP contribution is -2.03. The fourth-order valence-electron chi connectivity index (χ4n) is 4.14. The molecule has 0 aliphatic rings. The maximum absolute atomic E-state index is 9.79. The Labute approximate surface area is 215 Å². The topological polar surface area (TPSA) is 159 Å². The van der Waals surface area contributed by atoms with E-state index in [1.165, 1.54) is 19.0 Å². The number of ether oxygens (including phenoxy) is 1. The molecule has 0 saturated heterocycles. The van der Waals surface area contributed by atoms with Gasteiger partial charge in [-0.3, -0.25) is 0 Å². The third-order valence-corrected chi connectivity index (χ3v) is 5.79. The number of hydrogen-bond donors (Lipinski definition) is 3. The highest BCUT2D eigenvalue weighted by Crippen LogP contribution is 2.39. The Bertz CT molecular complexity index is 1540. The number of nitrogens with two attached hydrogens (primary N) is 2. The summed E-state index contributed by atoms with van der Waals surface area (Å²) < 4.78 is 16.8. The molecule has 3 aromatic heterocycles. The first kappa shape index (κ1) is 27.3. The van der Waals surface area contributed by atoms with E-state index in [1.807, 2.05) is 33.8 Å². The van der Waals surface area contributed by atoms with Gasteiger partial charge in [-0.15, -0.1) is 0 Å². The van der Waals surface area contributed by atoms with Crippen molar-refractivity contribution in [1.82, 2.24) is 19.9 Å². The Morgan fingerprint density at radius 1 is 0.811 bits per heavy atom. The van der Waals surface area contributed by atoms with Gasteiger partial charge in [-0.2, -0.15) is 4.98 Å². The number of anilines is 2. The van der Waals surface area contributed by atoms with Crippen LogP contribution in [0.1, 0.15) is 69.2 Å². The molecular formula is C27H34N6O4. The maximum atomic E-state index is 9.79. The lowest BCUT2D eigenvalue weighted by Gasteiger charge is -2.15. The molecule has 0 fully saturated rings. The van der Waals surface area contributed by atoms with Crippen LogP contribution in [0.5, 0.6) is 17.2 Å². The molecule has 0 unspecified atom stereocenters. The molecule has 0 aliphatic carbocycles. The van der Waals surface area contributed by atoms with Gasteiger partial charge in [0.05, 0.1) is 6.20 Å². The number of aryl methyl sites for hydroxylation is 2. The third-order valence-electron chi connectivity index (χ3n) is 5.79.